The Morgan fingerprint density at radius 1 is 1.38 bits per heavy atom. The Balaban J connectivity index is 3.87. The first-order chi connectivity index (χ1) is 5.77. The van der Waals surface area contributed by atoms with E-state index < -0.39 is 13.6 Å². The maximum atomic E-state index is 10.5. The molecule has 0 aliphatic carbocycles. The zero-order valence-corrected chi connectivity index (χ0v) is 9.08. The molecule has 0 aromatic carbocycles. The second kappa shape index (κ2) is 5.08. The molecule has 6 heteroatoms. The summed E-state index contributed by atoms with van der Waals surface area (Å²) >= 11 is 0. The summed E-state index contributed by atoms with van der Waals surface area (Å²) in [5.74, 6) is -1.23. The molecule has 0 heterocycles. The number of phosphoric acid groups is 1. The SMILES string of the molecule is CCCCOC(C)(C)OP(=O)(O)O. The van der Waals surface area contributed by atoms with Gasteiger partial charge in [-0.05, 0) is 20.3 Å². The first-order valence-electron chi connectivity index (χ1n) is 4.17. The maximum Gasteiger partial charge on any atom is 0.472 e. The van der Waals surface area contributed by atoms with Crippen molar-refractivity contribution in [2.75, 3.05) is 6.61 Å². The van der Waals surface area contributed by atoms with Crippen molar-refractivity contribution in [2.45, 2.75) is 39.4 Å². The van der Waals surface area contributed by atoms with Crippen molar-refractivity contribution in [3.8, 4) is 0 Å². The molecular weight excluding hydrogens is 195 g/mol. The van der Waals surface area contributed by atoms with E-state index in [4.69, 9.17) is 14.5 Å². The van der Waals surface area contributed by atoms with E-state index in [1.165, 1.54) is 13.8 Å². The second-order valence-electron chi connectivity index (χ2n) is 3.18. The zero-order valence-electron chi connectivity index (χ0n) is 8.19. The van der Waals surface area contributed by atoms with E-state index in [0.717, 1.165) is 12.8 Å². The molecule has 5 nitrogen and oxygen atoms in total. The number of rotatable bonds is 6. The molecule has 0 aromatic heterocycles. The van der Waals surface area contributed by atoms with E-state index in [-0.39, 0.29) is 0 Å². The second-order valence-corrected chi connectivity index (χ2v) is 4.35. The van der Waals surface area contributed by atoms with Crippen molar-refractivity contribution < 1.29 is 23.6 Å². The molecule has 0 unspecified atom stereocenters. The number of ether oxygens (including phenoxy) is 1. The molecule has 0 aliphatic rings. The molecule has 80 valence electrons. The van der Waals surface area contributed by atoms with E-state index in [1.54, 1.807) is 0 Å². The maximum absolute atomic E-state index is 10.5. The number of hydrogen-bond acceptors (Lipinski definition) is 3. The summed E-state index contributed by atoms with van der Waals surface area (Å²) in [6.07, 6.45) is 1.81. The van der Waals surface area contributed by atoms with Gasteiger partial charge in [0, 0.05) is 0 Å². The van der Waals surface area contributed by atoms with Crippen LogP contribution in [-0.2, 0) is 13.8 Å². The molecule has 0 saturated carbocycles. The van der Waals surface area contributed by atoms with Gasteiger partial charge in [0.2, 0.25) is 0 Å². The molecule has 0 saturated heterocycles. The Kier molecular flexibility index (Phi) is 5.10. The normalized spacial score (nSPS) is 13.3. The molecule has 0 radical (unpaired) electrons. The monoisotopic (exact) mass is 212 g/mol. The van der Waals surface area contributed by atoms with Crippen LogP contribution in [0.15, 0.2) is 0 Å². The van der Waals surface area contributed by atoms with Gasteiger partial charge in [-0.1, -0.05) is 13.3 Å². The van der Waals surface area contributed by atoms with Crippen molar-refractivity contribution in [2.24, 2.45) is 0 Å². The van der Waals surface area contributed by atoms with Crippen LogP contribution in [0.4, 0.5) is 0 Å². The van der Waals surface area contributed by atoms with Gasteiger partial charge in [0.15, 0.2) is 5.79 Å². The van der Waals surface area contributed by atoms with Gasteiger partial charge in [0.05, 0.1) is 6.61 Å². The lowest BCUT2D eigenvalue weighted by atomic mass is 10.3. The van der Waals surface area contributed by atoms with E-state index >= 15 is 0 Å². The van der Waals surface area contributed by atoms with Crippen LogP contribution in [0.3, 0.4) is 0 Å². The third kappa shape index (κ3) is 8.40. The van der Waals surface area contributed by atoms with Gasteiger partial charge in [-0.25, -0.2) is 4.57 Å². The molecule has 0 rings (SSSR count). The fourth-order valence-corrected chi connectivity index (χ4v) is 1.40. The summed E-state index contributed by atoms with van der Waals surface area (Å²) < 4.78 is 20.0. The van der Waals surface area contributed by atoms with Gasteiger partial charge in [0.1, 0.15) is 0 Å². The third-order valence-electron chi connectivity index (χ3n) is 1.29. The molecule has 0 amide bonds. The first kappa shape index (κ1) is 13.1. The van der Waals surface area contributed by atoms with Crippen molar-refractivity contribution >= 4 is 7.82 Å². The molecule has 0 aromatic rings. The molecule has 13 heavy (non-hydrogen) atoms. The lowest BCUT2D eigenvalue weighted by Gasteiger charge is -2.25. The van der Waals surface area contributed by atoms with Crippen molar-refractivity contribution in [1.29, 1.82) is 0 Å². The van der Waals surface area contributed by atoms with Gasteiger partial charge in [0.25, 0.3) is 0 Å². The van der Waals surface area contributed by atoms with Crippen LogP contribution in [0.5, 0.6) is 0 Å². The highest BCUT2D eigenvalue weighted by molar-refractivity contribution is 7.46. The van der Waals surface area contributed by atoms with Crippen LogP contribution in [0.1, 0.15) is 33.6 Å². The summed E-state index contributed by atoms with van der Waals surface area (Å²) in [5, 5.41) is 0. The van der Waals surface area contributed by atoms with Crippen molar-refractivity contribution in [3.05, 3.63) is 0 Å². The lowest BCUT2D eigenvalue weighted by molar-refractivity contribution is -0.166. The Bertz CT molecular complexity index is 185. The van der Waals surface area contributed by atoms with Gasteiger partial charge >= 0.3 is 7.82 Å². The number of phosphoric ester groups is 1. The Hall–Kier alpha value is 0.0700. The lowest BCUT2D eigenvalue weighted by Crippen LogP contribution is -2.27. The van der Waals surface area contributed by atoms with Gasteiger partial charge < -0.3 is 14.5 Å². The summed E-state index contributed by atoms with van der Waals surface area (Å²) in [6, 6.07) is 0. The average Bonchev–Trinajstić information content (AvgIpc) is 1.81. The molecule has 0 spiro atoms. The fraction of sp³-hybridized carbons (Fsp3) is 1.00. The third-order valence-corrected chi connectivity index (χ3v) is 1.96. The Labute approximate surface area is 78.3 Å². The minimum Gasteiger partial charge on any atom is -0.350 e. The topological polar surface area (TPSA) is 76.0 Å². The standard InChI is InChI=1S/C7H17O5P/c1-4-5-6-11-7(2,3)12-13(8,9)10/h4-6H2,1-3H3,(H2,8,9,10). The van der Waals surface area contributed by atoms with Gasteiger partial charge in [-0.3, -0.25) is 4.52 Å². The quantitative estimate of drug-likeness (QED) is 0.397. The number of hydrogen-bond donors (Lipinski definition) is 2. The molecular formula is C7H17O5P. The van der Waals surface area contributed by atoms with Crippen LogP contribution in [0, 0.1) is 0 Å². The molecule has 0 fully saturated rings. The molecule has 0 bridgehead atoms. The van der Waals surface area contributed by atoms with Crippen molar-refractivity contribution in [1.82, 2.24) is 0 Å². The number of unbranched alkanes of at least 4 members (excludes halogenated alkanes) is 1. The largest absolute Gasteiger partial charge is 0.472 e. The highest BCUT2D eigenvalue weighted by Gasteiger charge is 2.29. The van der Waals surface area contributed by atoms with Gasteiger partial charge in [-0.2, -0.15) is 0 Å². The highest BCUT2D eigenvalue weighted by atomic mass is 31.2. The molecule has 0 aliphatic heterocycles. The Morgan fingerprint density at radius 2 is 1.92 bits per heavy atom. The van der Waals surface area contributed by atoms with Crippen LogP contribution < -0.4 is 0 Å². The van der Waals surface area contributed by atoms with E-state index in [9.17, 15) is 4.57 Å². The van der Waals surface area contributed by atoms with E-state index in [1.807, 2.05) is 6.92 Å². The van der Waals surface area contributed by atoms with E-state index in [0.29, 0.717) is 6.61 Å². The summed E-state index contributed by atoms with van der Waals surface area (Å²) in [5.41, 5.74) is 0. The average molecular weight is 212 g/mol. The zero-order chi connectivity index (χ0) is 10.5. The van der Waals surface area contributed by atoms with E-state index in [2.05, 4.69) is 4.52 Å². The summed E-state index contributed by atoms with van der Waals surface area (Å²) in [4.78, 5) is 17.0. The van der Waals surface area contributed by atoms with Crippen LogP contribution in [0.2, 0.25) is 0 Å². The minimum atomic E-state index is -4.46. The van der Waals surface area contributed by atoms with Gasteiger partial charge in [-0.15, -0.1) is 0 Å². The smallest absolute Gasteiger partial charge is 0.350 e. The van der Waals surface area contributed by atoms with Crippen LogP contribution in [0.25, 0.3) is 0 Å². The van der Waals surface area contributed by atoms with Crippen LogP contribution >= 0.6 is 7.82 Å². The van der Waals surface area contributed by atoms with Crippen LogP contribution in [-0.4, -0.2) is 22.2 Å². The fourth-order valence-electron chi connectivity index (χ4n) is 0.775. The summed E-state index contributed by atoms with van der Waals surface area (Å²) in [7, 11) is -4.46. The van der Waals surface area contributed by atoms with Crippen molar-refractivity contribution in [3.63, 3.8) is 0 Å². The minimum absolute atomic E-state index is 0.434. The summed E-state index contributed by atoms with van der Waals surface area (Å²) in [6.45, 7) is 5.38. The predicted octanol–water partition coefficient (Wildman–Crippen LogP) is 1.65. The molecule has 2 N–H and O–H groups in total. The highest BCUT2D eigenvalue weighted by Crippen LogP contribution is 2.41. The predicted molar refractivity (Wildman–Crippen MR) is 48.1 cm³/mol. The Morgan fingerprint density at radius 3 is 2.31 bits per heavy atom. The first-order valence-corrected chi connectivity index (χ1v) is 5.70. The molecule has 0 atom stereocenters.